The second kappa shape index (κ2) is 10.7. The Kier molecular flexibility index (Phi) is 7.27. The van der Waals surface area contributed by atoms with Crippen LogP contribution in [-0.2, 0) is 4.79 Å². The van der Waals surface area contributed by atoms with Gasteiger partial charge in [0.1, 0.15) is 23.9 Å². The second-order valence-electron chi connectivity index (χ2n) is 8.00. The van der Waals surface area contributed by atoms with Gasteiger partial charge in [0.15, 0.2) is 0 Å². The van der Waals surface area contributed by atoms with Gasteiger partial charge in [0.25, 0.3) is 0 Å². The van der Waals surface area contributed by atoms with Crippen LogP contribution in [0.3, 0.4) is 0 Å². The Morgan fingerprint density at radius 1 is 1.14 bits per heavy atom. The highest BCUT2D eigenvalue weighted by atomic mass is 16.5. The Bertz CT molecular complexity index is 1350. The number of benzene rings is 2. The molecule has 2 heterocycles. The number of para-hydroxylation sites is 1. The van der Waals surface area contributed by atoms with Gasteiger partial charge in [-0.3, -0.25) is 4.79 Å². The lowest BCUT2D eigenvalue weighted by Crippen LogP contribution is -2.20. The van der Waals surface area contributed by atoms with Crippen molar-refractivity contribution in [3.8, 4) is 17.3 Å². The van der Waals surface area contributed by atoms with E-state index in [0.717, 1.165) is 10.9 Å². The lowest BCUT2D eigenvalue weighted by Gasteiger charge is -2.18. The van der Waals surface area contributed by atoms with E-state index in [9.17, 15) is 4.79 Å². The Hall–Kier alpha value is -4.37. The first-order valence-electron chi connectivity index (χ1n) is 11.1. The zero-order chi connectivity index (χ0) is 24.8. The molecule has 2 N–H and O–H groups in total. The predicted octanol–water partition coefficient (Wildman–Crippen LogP) is 4.24. The number of fused-ring (bicyclic) bond motifs is 1. The summed E-state index contributed by atoms with van der Waals surface area (Å²) in [6.07, 6.45) is 4.86. The van der Waals surface area contributed by atoms with Crippen LogP contribution in [0, 0.1) is 0 Å². The summed E-state index contributed by atoms with van der Waals surface area (Å²) in [4.78, 5) is 23.1. The molecule has 0 atom stereocenters. The topological polar surface area (TPSA) is 93.5 Å². The minimum Gasteiger partial charge on any atom is -0.494 e. The maximum atomic E-state index is 12.1. The van der Waals surface area contributed by atoms with Crippen LogP contribution in [0.1, 0.15) is 0 Å². The molecule has 0 unspecified atom stereocenters. The lowest BCUT2D eigenvalue weighted by molar-refractivity contribution is -0.111. The average molecular weight is 473 g/mol. The molecule has 0 radical (unpaired) electrons. The van der Waals surface area contributed by atoms with Crippen LogP contribution in [0.25, 0.3) is 16.7 Å². The predicted molar refractivity (Wildman–Crippen MR) is 138 cm³/mol. The van der Waals surface area contributed by atoms with E-state index in [0.29, 0.717) is 47.8 Å². The van der Waals surface area contributed by atoms with E-state index < -0.39 is 0 Å². The van der Waals surface area contributed by atoms with E-state index in [4.69, 9.17) is 9.47 Å². The van der Waals surface area contributed by atoms with Gasteiger partial charge >= 0.3 is 0 Å². The van der Waals surface area contributed by atoms with Gasteiger partial charge in [0.2, 0.25) is 11.9 Å². The van der Waals surface area contributed by atoms with Crippen LogP contribution >= 0.6 is 0 Å². The molecule has 0 saturated carbocycles. The third-order valence-corrected chi connectivity index (χ3v) is 5.27. The number of nitrogens with one attached hydrogen (secondary N) is 2. The summed E-state index contributed by atoms with van der Waals surface area (Å²) in [6.45, 7) is 4.68. The molecule has 2 aromatic carbocycles. The Balaban J connectivity index is 1.66. The van der Waals surface area contributed by atoms with Gasteiger partial charge < -0.3 is 29.6 Å². The number of nitrogens with zero attached hydrogens (tertiary/aromatic N) is 4. The number of hydrogen-bond acceptors (Lipinski definition) is 7. The fourth-order valence-electron chi connectivity index (χ4n) is 3.51. The highest BCUT2D eigenvalue weighted by Gasteiger charge is 2.15. The largest absolute Gasteiger partial charge is 0.494 e. The van der Waals surface area contributed by atoms with Crippen LogP contribution in [-0.4, -0.2) is 59.7 Å². The summed E-state index contributed by atoms with van der Waals surface area (Å²) in [5.41, 5.74) is 2.09. The summed E-state index contributed by atoms with van der Waals surface area (Å²) in [7, 11) is 5.49. The molecule has 4 aromatic rings. The number of aromatic nitrogens is 3. The average Bonchev–Trinajstić information content (AvgIpc) is 3.29. The van der Waals surface area contributed by atoms with Gasteiger partial charge in [0, 0.05) is 25.0 Å². The Labute approximate surface area is 204 Å². The van der Waals surface area contributed by atoms with Crippen LogP contribution in [0.2, 0.25) is 0 Å². The normalized spacial score (nSPS) is 10.9. The van der Waals surface area contributed by atoms with Crippen molar-refractivity contribution < 1.29 is 14.3 Å². The van der Waals surface area contributed by atoms with Crippen LogP contribution in [0.5, 0.6) is 11.5 Å². The van der Waals surface area contributed by atoms with Crippen molar-refractivity contribution in [3.05, 3.63) is 73.6 Å². The van der Waals surface area contributed by atoms with Gasteiger partial charge in [-0.25, -0.2) is 4.98 Å². The maximum absolute atomic E-state index is 12.1. The first kappa shape index (κ1) is 23.8. The lowest BCUT2D eigenvalue weighted by atomic mass is 10.2. The Morgan fingerprint density at radius 2 is 1.97 bits per heavy atom. The molecule has 180 valence electrons. The van der Waals surface area contributed by atoms with Crippen molar-refractivity contribution in [1.82, 2.24) is 19.4 Å². The number of likely N-dealkylation sites (N-methyl/N-ethyl adjacent to an activating group) is 1. The van der Waals surface area contributed by atoms with E-state index in [1.807, 2.05) is 60.1 Å². The molecule has 1 amide bonds. The minimum absolute atomic E-state index is 0.351. The molecule has 0 fully saturated rings. The zero-order valence-corrected chi connectivity index (χ0v) is 20.0. The second-order valence-corrected chi connectivity index (χ2v) is 8.00. The van der Waals surface area contributed by atoms with Crippen molar-refractivity contribution in [2.45, 2.75) is 0 Å². The molecule has 9 heteroatoms. The molecule has 0 bridgehead atoms. The maximum Gasteiger partial charge on any atom is 0.247 e. The molecule has 0 aliphatic carbocycles. The summed E-state index contributed by atoms with van der Waals surface area (Å²) < 4.78 is 13.5. The quantitative estimate of drug-likeness (QED) is 0.334. The number of methoxy groups -OCH3 is 1. The number of carbonyl (C=O) groups is 1. The number of rotatable bonds is 10. The van der Waals surface area contributed by atoms with Crippen molar-refractivity contribution in [3.63, 3.8) is 0 Å². The SMILES string of the molecule is C=CC(=O)Nc1cc(Nc2nccc(-n3ccc4ccccc43)n2)c(OC)cc1OCCN(C)C. The Morgan fingerprint density at radius 3 is 2.74 bits per heavy atom. The smallest absolute Gasteiger partial charge is 0.247 e. The van der Waals surface area contributed by atoms with Gasteiger partial charge in [0.05, 0.1) is 24.0 Å². The third kappa shape index (κ3) is 5.59. The molecule has 9 nitrogen and oxygen atoms in total. The minimum atomic E-state index is -0.351. The highest BCUT2D eigenvalue weighted by molar-refractivity contribution is 6.00. The fraction of sp³-hybridized carbons (Fsp3) is 0.192. The first-order chi connectivity index (χ1) is 17.0. The van der Waals surface area contributed by atoms with Crippen molar-refractivity contribution in [2.24, 2.45) is 0 Å². The van der Waals surface area contributed by atoms with Crippen LogP contribution in [0.15, 0.2) is 73.6 Å². The number of amides is 1. The molecule has 4 rings (SSSR count). The molecule has 0 spiro atoms. The van der Waals surface area contributed by atoms with Crippen molar-refractivity contribution in [2.75, 3.05) is 45.0 Å². The van der Waals surface area contributed by atoms with Crippen LogP contribution in [0.4, 0.5) is 17.3 Å². The zero-order valence-electron chi connectivity index (χ0n) is 20.0. The number of ether oxygens (including phenoxy) is 2. The number of hydrogen-bond donors (Lipinski definition) is 2. The van der Waals surface area contributed by atoms with Crippen molar-refractivity contribution in [1.29, 1.82) is 0 Å². The fourth-order valence-corrected chi connectivity index (χ4v) is 3.51. The van der Waals surface area contributed by atoms with Gasteiger partial charge in [-0.1, -0.05) is 24.8 Å². The number of carbonyl (C=O) groups excluding carboxylic acids is 1. The summed E-state index contributed by atoms with van der Waals surface area (Å²) >= 11 is 0. The number of anilines is 3. The molecule has 0 aliphatic rings. The van der Waals surface area contributed by atoms with E-state index in [-0.39, 0.29) is 5.91 Å². The third-order valence-electron chi connectivity index (χ3n) is 5.27. The molecular weight excluding hydrogens is 444 g/mol. The molecule has 2 aromatic heterocycles. The molecule has 0 aliphatic heterocycles. The summed E-state index contributed by atoms with van der Waals surface area (Å²) in [5, 5.41) is 7.12. The molecule has 35 heavy (non-hydrogen) atoms. The van der Waals surface area contributed by atoms with Gasteiger partial charge in [-0.2, -0.15) is 4.98 Å². The summed E-state index contributed by atoms with van der Waals surface area (Å²) in [6, 6.07) is 15.4. The van der Waals surface area contributed by atoms with Crippen molar-refractivity contribution >= 4 is 34.1 Å². The standard InChI is InChI=1S/C26H28N6O3/c1-5-25(33)28-20-16-19(22(34-4)17-23(20)35-15-14-31(2)3)29-26-27-12-10-24(30-26)32-13-11-18-8-6-7-9-21(18)32/h5-13,16-17H,1,14-15H2,2-4H3,(H,28,33)(H,27,29,30). The van der Waals surface area contributed by atoms with E-state index in [1.165, 1.54) is 6.08 Å². The highest BCUT2D eigenvalue weighted by Crippen LogP contribution is 2.37. The monoisotopic (exact) mass is 472 g/mol. The van der Waals surface area contributed by atoms with E-state index in [1.54, 1.807) is 25.4 Å². The summed E-state index contributed by atoms with van der Waals surface area (Å²) in [5.74, 6) is 1.74. The van der Waals surface area contributed by atoms with Crippen LogP contribution < -0.4 is 20.1 Å². The van der Waals surface area contributed by atoms with E-state index >= 15 is 0 Å². The first-order valence-corrected chi connectivity index (χ1v) is 11.1. The van der Waals surface area contributed by atoms with Gasteiger partial charge in [-0.05, 0) is 49.8 Å². The van der Waals surface area contributed by atoms with Gasteiger partial charge in [-0.15, -0.1) is 0 Å². The van der Waals surface area contributed by atoms with E-state index in [2.05, 4.69) is 33.2 Å². The molecular formula is C26H28N6O3. The molecule has 0 saturated heterocycles.